The molecule has 0 spiro atoms. The molecule has 1 amide bonds. The second-order valence-electron chi connectivity index (χ2n) is 4.16. The molecule has 0 aliphatic rings. The summed E-state index contributed by atoms with van der Waals surface area (Å²) in [6, 6.07) is 0. The van der Waals surface area contributed by atoms with Gasteiger partial charge in [0.25, 0.3) is 0 Å². The largest absolute Gasteiger partial charge is 0.460 e. The Bertz CT molecular complexity index is 381. The lowest BCUT2D eigenvalue weighted by molar-refractivity contribution is -0.397. The van der Waals surface area contributed by atoms with Crippen LogP contribution in [0, 0.1) is 0 Å². The fraction of sp³-hybridized carbons (Fsp3) is 0.900. The number of alkyl halides is 9. The summed E-state index contributed by atoms with van der Waals surface area (Å²) in [4.78, 5) is 10.8. The van der Waals surface area contributed by atoms with Gasteiger partial charge in [0, 0.05) is 6.54 Å². The molecule has 0 aromatic heterocycles. The van der Waals surface area contributed by atoms with Crippen molar-refractivity contribution in [1.82, 2.24) is 5.32 Å². The summed E-state index contributed by atoms with van der Waals surface area (Å²) >= 11 is 0. The molecular weight excluding hydrogens is 337 g/mol. The van der Waals surface area contributed by atoms with Gasteiger partial charge in [-0.25, -0.2) is 4.79 Å². The summed E-state index contributed by atoms with van der Waals surface area (Å²) in [5, 5.41) is 1.99. The lowest BCUT2D eigenvalue weighted by atomic mass is 10.0. The number of hydrogen-bond acceptors (Lipinski definition) is 2. The Morgan fingerprint density at radius 1 is 0.955 bits per heavy atom. The monoisotopic (exact) mass is 349 g/mol. The molecule has 0 aromatic carbocycles. The molecule has 0 aliphatic carbocycles. The van der Waals surface area contributed by atoms with E-state index < -0.39 is 43.1 Å². The molecular formula is C10H12F9NO2. The summed E-state index contributed by atoms with van der Waals surface area (Å²) in [5.41, 5.74) is 0. The minimum Gasteiger partial charge on any atom is -0.449 e. The number of carbonyl (C=O) groups is 1. The Kier molecular flexibility index (Phi) is 6.40. The van der Waals surface area contributed by atoms with E-state index in [-0.39, 0.29) is 6.54 Å². The minimum absolute atomic E-state index is 0.0670. The van der Waals surface area contributed by atoms with Crippen LogP contribution in [-0.2, 0) is 4.74 Å². The van der Waals surface area contributed by atoms with E-state index in [1.165, 1.54) is 0 Å². The van der Waals surface area contributed by atoms with Gasteiger partial charge in [-0.2, -0.15) is 39.5 Å². The molecule has 0 fully saturated rings. The zero-order valence-corrected chi connectivity index (χ0v) is 11.0. The molecule has 0 unspecified atom stereocenters. The van der Waals surface area contributed by atoms with Gasteiger partial charge < -0.3 is 10.1 Å². The highest BCUT2D eigenvalue weighted by Gasteiger charge is 2.81. The molecule has 0 radical (unpaired) electrons. The fourth-order valence-electron chi connectivity index (χ4n) is 1.11. The summed E-state index contributed by atoms with van der Waals surface area (Å²) in [6.07, 6.45) is -9.92. The SMILES string of the molecule is CCCNC(=O)OCCC(F)(F)C(F)(F)C(F)(F)C(F)(F)F. The van der Waals surface area contributed by atoms with Crippen LogP contribution in [0.5, 0.6) is 0 Å². The van der Waals surface area contributed by atoms with Crippen molar-refractivity contribution in [1.29, 1.82) is 0 Å². The van der Waals surface area contributed by atoms with Gasteiger partial charge in [-0.3, -0.25) is 0 Å². The van der Waals surface area contributed by atoms with Crippen molar-refractivity contribution in [3.05, 3.63) is 0 Å². The summed E-state index contributed by atoms with van der Waals surface area (Å²) < 4.78 is 116. The second-order valence-corrected chi connectivity index (χ2v) is 4.16. The topological polar surface area (TPSA) is 38.3 Å². The van der Waals surface area contributed by atoms with Gasteiger partial charge in [-0.15, -0.1) is 0 Å². The van der Waals surface area contributed by atoms with Gasteiger partial charge in [0.1, 0.15) is 0 Å². The zero-order valence-electron chi connectivity index (χ0n) is 11.0. The lowest BCUT2D eigenvalue weighted by Gasteiger charge is -2.33. The van der Waals surface area contributed by atoms with Gasteiger partial charge in [0.2, 0.25) is 0 Å². The van der Waals surface area contributed by atoms with Crippen LogP contribution in [0.4, 0.5) is 44.3 Å². The van der Waals surface area contributed by atoms with Crippen molar-refractivity contribution in [3.8, 4) is 0 Å². The molecule has 0 aromatic rings. The van der Waals surface area contributed by atoms with Crippen molar-refractivity contribution in [2.45, 2.75) is 43.7 Å². The first-order valence-corrected chi connectivity index (χ1v) is 5.81. The standard InChI is InChI=1S/C10H12F9NO2/c1-2-4-20-6(21)22-5-3-7(11,12)8(13,14)9(15,16)10(17,18)19/h2-5H2,1H3,(H,20,21). The summed E-state index contributed by atoms with van der Waals surface area (Å²) in [5.74, 6) is -19.4. The highest BCUT2D eigenvalue weighted by Crippen LogP contribution is 2.53. The number of halogens is 9. The van der Waals surface area contributed by atoms with E-state index in [9.17, 15) is 44.3 Å². The second kappa shape index (κ2) is 6.82. The van der Waals surface area contributed by atoms with E-state index in [0.29, 0.717) is 6.42 Å². The highest BCUT2D eigenvalue weighted by molar-refractivity contribution is 5.66. The van der Waals surface area contributed by atoms with E-state index in [2.05, 4.69) is 4.74 Å². The number of alkyl carbamates (subject to hydrolysis) is 1. The molecule has 0 heterocycles. The first kappa shape index (κ1) is 20.6. The highest BCUT2D eigenvalue weighted by atomic mass is 19.4. The van der Waals surface area contributed by atoms with Crippen LogP contribution >= 0.6 is 0 Å². The molecule has 0 aliphatic heterocycles. The van der Waals surface area contributed by atoms with Crippen molar-refractivity contribution in [2.75, 3.05) is 13.2 Å². The van der Waals surface area contributed by atoms with Gasteiger partial charge in [0.05, 0.1) is 13.0 Å². The van der Waals surface area contributed by atoms with Gasteiger partial charge in [0.15, 0.2) is 0 Å². The van der Waals surface area contributed by atoms with Crippen LogP contribution in [0.1, 0.15) is 19.8 Å². The average Bonchev–Trinajstić information content (AvgIpc) is 2.34. The van der Waals surface area contributed by atoms with E-state index in [4.69, 9.17) is 0 Å². The number of carbonyl (C=O) groups excluding carboxylic acids is 1. The van der Waals surface area contributed by atoms with E-state index in [1.54, 1.807) is 6.92 Å². The molecule has 0 atom stereocenters. The quantitative estimate of drug-likeness (QED) is 0.706. The Morgan fingerprint density at radius 2 is 1.45 bits per heavy atom. The summed E-state index contributed by atoms with van der Waals surface area (Å²) in [7, 11) is 0. The normalized spacial score (nSPS) is 13.9. The maximum atomic E-state index is 13.0. The number of rotatable bonds is 7. The molecule has 0 saturated carbocycles. The zero-order chi connectivity index (χ0) is 17.8. The van der Waals surface area contributed by atoms with Gasteiger partial charge >= 0.3 is 30.0 Å². The van der Waals surface area contributed by atoms with Gasteiger partial charge in [-0.1, -0.05) is 6.92 Å². The summed E-state index contributed by atoms with van der Waals surface area (Å²) in [6.45, 7) is 0.220. The average molecular weight is 349 g/mol. The molecule has 0 rings (SSSR count). The molecule has 0 bridgehead atoms. The van der Waals surface area contributed by atoms with Crippen molar-refractivity contribution >= 4 is 6.09 Å². The smallest absolute Gasteiger partial charge is 0.449 e. The predicted octanol–water partition coefficient (Wildman–Crippen LogP) is 3.98. The molecule has 3 nitrogen and oxygen atoms in total. The van der Waals surface area contributed by atoms with E-state index >= 15 is 0 Å². The van der Waals surface area contributed by atoms with Crippen molar-refractivity contribution in [2.24, 2.45) is 0 Å². The Hall–Kier alpha value is -1.36. The van der Waals surface area contributed by atoms with Crippen LogP contribution in [0.15, 0.2) is 0 Å². The minimum atomic E-state index is -6.94. The molecule has 12 heteroatoms. The molecule has 0 saturated heterocycles. The van der Waals surface area contributed by atoms with E-state index in [0.717, 1.165) is 0 Å². The third-order valence-corrected chi connectivity index (χ3v) is 2.38. The first-order valence-electron chi connectivity index (χ1n) is 5.81. The van der Waals surface area contributed by atoms with E-state index in [1.807, 2.05) is 5.32 Å². The Morgan fingerprint density at radius 3 is 1.86 bits per heavy atom. The molecule has 1 N–H and O–H groups in total. The van der Waals surface area contributed by atoms with Crippen LogP contribution in [0.3, 0.4) is 0 Å². The number of ether oxygens (including phenoxy) is 1. The maximum absolute atomic E-state index is 13.0. The van der Waals surface area contributed by atoms with Crippen molar-refractivity contribution < 1.29 is 49.0 Å². The Labute approximate surface area is 118 Å². The maximum Gasteiger partial charge on any atom is 0.460 e. The van der Waals surface area contributed by atoms with Crippen LogP contribution in [-0.4, -0.2) is 43.2 Å². The van der Waals surface area contributed by atoms with Gasteiger partial charge in [-0.05, 0) is 6.42 Å². The fourth-order valence-corrected chi connectivity index (χ4v) is 1.11. The first-order chi connectivity index (χ1) is 9.70. The third kappa shape index (κ3) is 4.32. The van der Waals surface area contributed by atoms with Crippen molar-refractivity contribution in [3.63, 3.8) is 0 Å². The number of amides is 1. The van der Waals surface area contributed by atoms with Crippen LogP contribution in [0.25, 0.3) is 0 Å². The van der Waals surface area contributed by atoms with Crippen LogP contribution < -0.4 is 5.32 Å². The Balaban J connectivity index is 4.82. The molecule has 22 heavy (non-hydrogen) atoms. The third-order valence-electron chi connectivity index (χ3n) is 2.38. The lowest BCUT2D eigenvalue weighted by Crippen LogP contribution is -2.61. The van der Waals surface area contributed by atoms with Crippen LogP contribution in [0.2, 0.25) is 0 Å². The molecule has 132 valence electrons. The number of nitrogens with one attached hydrogen (secondary N) is 1. The predicted molar refractivity (Wildman–Crippen MR) is 55.2 cm³/mol. The number of hydrogen-bond donors (Lipinski definition) is 1.